The van der Waals surface area contributed by atoms with Gasteiger partial charge < -0.3 is 20.2 Å². The number of carboxylic acids is 3. The number of para-hydroxylation sites is 1. The summed E-state index contributed by atoms with van der Waals surface area (Å²) in [7, 11) is 0. The summed E-state index contributed by atoms with van der Waals surface area (Å²) in [6.07, 6.45) is 0. The zero-order valence-corrected chi connectivity index (χ0v) is 11.9. The Bertz CT molecular complexity index is 503. The number of anilines is 1. The van der Waals surface area contributed by atoms with Crippen molar-refractivity contribution >= 4 is 23.6 Å². The van der Waals surface area contributed by atoms with Crippen LogP contribution >= 0.6 is 0 Å². The molecule has 0 amide bonds. The van der Waals surface area contributed by atoms with Crippen LogP contribution in [0.1, 0.15) is 0 Å². The molecule has 0 aliphatic rings. The molecule has 8 nitrogen and oxygen atoms in total. The van der Waals surface area contributed by atoms with Crippen molar-refractivity contribution in [3.63, 3.8) is 0 Å². The van der Waals surface area contributed by atoms with Crippen molar-refractivity contribution in [2.24, 2.45) is 0 Å². The highest BCUT2D eigenvalue weighted by molar-refractivity contribution is 5.74. The first-order valence-corrected chi connectivity index (χ1v) is 6.56. The fourth-order valence-electron chi connectivity index (χ4n) is 1.96. The zero-order valence-electron chi connectivity index (χ0n) is 11.9. The van der Waals surface area contributed by atoms with Crippen molar-refractivity contribution < 1.29 is 29.7 Å². The molecular formula is C14H18N2O6. The molecule has 0 spiro atoms. The molecular weight excluding hydrogens is 292 g/mol. The summed E-state index contributed by atoms with van der Waals surface area (Å²) in [6.45, 7) is -0.750. The Balaban J connectivity index is 2.73. The Morgan fingerprint density at radius 1 is 0.773 bits per heavy atom. The third-order valence-electron chi connectivity index (χ3n) is 2.85. The fraction of sp³-hybridized carbons (Fsp3) is 0.357. The standard InChI is InChI=1S/C14H18N2O6/c17-12(18)8-15(9-13(19)20)6-7-16(10-14(21)22)11-4-2-1-3-5-11/h1-5H,6-10H2,(H,17,18)(H,19,20)(H,21,22). The number of benzene rings is 1. The number of nitrogens with zero attached hydrogens (tertiary/aromatic N) is 2. The molecule has 1 aromatic carbocycles. The first-order chi connectivity index (χ1) is 10.4. The second-order valence-corrected chi connectivity index (χ2v) is 4.65. The first-order valence-electron chi connectivity index (χ1n) is 6.56. The molecule has 0 radical (unpaired) electrons. The quantitative estimate of drug-likeness (QED) is 0.555. The third kappa shape index (κ3) is 6.71. The van der Waals surface area contributed by atoms with Crippen LogP contribution < -0.4 is 4.90 Å². The van der Waals surface area contributed by atoms with Gasteiger partial charge in [0, 0.05) is 18.8 Å². The van der Waals surface area contributed by atoms with E-state index in [1.54, 1.807) is 35.2 Å². The molecule has 0 aliphatic carbocycles. The molecule has 0 unspecified atom stereocenters. The predicted molar refractivity (Wildman–Crippen MR) is 78.0 cm³/mol. The monoisotopic (exact) mass is 310 g/mol. The van der Waals surface area contributed by atoms with E-state index in [1.165, 1.54) is 4.90 Å². The van der Waals surface area contributed by atoms with Gasteiger partial charge >= 0.3 is 17.9 Å². The largest absolute Gasteiger partial charge is 0.480 e. The van der Waals surface area contributed by atoms with Gasteiger partial charge in [0.25, 0.3) is 0 Å². The van der Waals surface area contributed by atoms with Crippen LogP contribution in [0.25, 0.3) is 0 Å². The average molecular weight is 310 g/mol. The maximum absolute atomic E-state index is 10.9. The highest BCUT2D eigenvalue weighted by Gasteiger charge is 2.16. The number of hydrogen-bond acceptors (Lipinski definition) is 5. The van der Waals surface area contributed by atoms with E-state index < -0.39 is 31.0 Å². The van der Waals surface area contributed by atoms with Crippen molar-refractivity contribution in [1.29, 1.82) is 0 Å². The lowest BCUT2D eigenvalue weighted by Crippen LogP contribution is -2.41. The number of hydrogen-bond donors (Lipinski definition) is 3. The van der Waals surface area contributed by atoms with Gasteiger partial charge in [-0.25, -0.2) is 0 Å². The Hall–Kier alpha value is -2.61. The Morgan fingerprint density at radius 3 is 1.73 bits per heavy atom. The van der Waals surface area contributed by atoms with Gasteiger partial charge in [0.05, 0.1) is 13.1 Å². The van der Waals surface area contributed by atoms with Gasteiger partial charge in [0.1, 0.15) is 6.54 Å². The van der Waals surface area contributed by atoms with Crippen molar-refractivity contribution in [1.82, 2.24) is 4.90 Å². The summed E-state index contributed by atoms with van der Waals surface area (Å²) >= 11 is 0. The van der Waals surface area contributed by atoms with Crippen molar-refractivity contribution in [2.75, 3.05) is 37.6 Å². The molecule has 0 saturated heterocycles. The third-order valence-corrected chi connectivity index (χ3v) is 2.85. The molecule has 22 heavy (non-hydrogen) atoms. The molecule has 0 aromatic heterocycles. The zero-order chi connectivity index (χ0) is 16.5. The van der Waals surface area contributed by atoms with E-state index in [2.05, 4.69) is 0 Å². The van der Waals surface area contributed by atoms with E-state index in [9.17, 15) is 14.4 Å². The van der Waals surface area contributed by atoms with Gasteiger partial charge in [-0.2, -0.15) is 0 Å². The second kappa shape index (κ2) is 8.63. The molecule has 1 rings (SSSR count). The van der Waals surface area contributed by atoms with Crippen LogP contribution in [0.4, 0.5) is 5.69 Å². The van der Waals surface area contributed by atoms with Crippen molar-refractivity contribution in [3.8, 4) is 0 Å². The molecule has 0 aliphatic heterocycles. The Morgan fingerprint density at radius 2 is 1.27 bits per heavy atom. The first kappa shape index (κ1) is 17.4. The van der Waals surface area contributed by atoms with Gasteiger partial charge in [-0.05, 0) is 12.1 Å². The fourth-order valence-corrected chi connectivity index (χ4v) is 1.96. The predicted octanol–water partition coefficient (Wildman–Crippen LogP) is 0.0488. The summed E-state index contributed by atoms with van der Waals surface area (Å²) in [5.41, 5.74) is 0.676. The van der Waals surface area contributed by atoms with Crippen LogP contribution in [-0.2, 0) is 14.4 Å². The molecule has 0 bridgehead atoms. The van der Waals surface area contributed by atoms with Gasteiger partial charge in [-0.1, -0.05) is 18.2 Å². The Labute approximate surface area is 127 Å². The number of aliphatic carboxylic acids is 3. The minimum Gasteiger partial charge on any atom is -0.480 e. The van der Waals surface area contributed by atoms with Crippen molar-refractivity contribution in [3.05, 3.63) is 30.3 Å². The number of rotatable bonds is 10. The van der Waals surface area contributed by atoms with Crippen LogP contribution in [0.3, 0.4) is 0 Å². The maximum atomic E-state index is 10.9. The van der Waals surface area contributed by atoms with E-state index in [-0.39, 0.29) is 19.6 Å². The summed E-state index contributed by atoms with van der Waals surface area (Å²) in [5.74, 6) is -3.29. The summed E-state index contributed by atoms with van der Waals surface area (Å²) in [6, 6.07) is 8.79. The van der Waals surface area contributed by atoms with Gasteiger partial charge in [-0.15, -0.1) is 0 Å². The molecule has 0 fully saturated rings. The van der Waals surface area contributed by atoms with Crippen LogP contribution in [0.5, 0.6) is 0 Å². The molecule has 1 aromatic rings. The van der Waals surface area contributed by atoms with E-state index in [1.807, 2.05) is 0 Å². The molecule has 0 atom stereocenters. The van der Waals surface area contributed by atoms with Crippen LogP contribution in [0.15, 0.2) is 30.3 Å². The summed E-state index contributed by atoms with van der Waals surface area (Å²) in [4.78, 5) is 35.2. The lowest BCUT2D eigenvalue weighted by atomic mass is 10.2. The molecule has 8 heteroatoms. The highest BCUT2D eigenvalue weighted by atomic mass is 16.4. The van der Waals surface area contributed by atoms with Crippen LogP contribution in [0, 0.1) is 0 Å². The van der Waals surface area contributed by atoms with Gasteiger partial charge in [-0.3, -0.25) is 19.3 Å². The van der Waals surface area contributed by atoms with E-state index in [0.29, 0.717) is 5.69 Å². The normalized spacial score (nSPS) is 10.4. The van der Waals surface area contributed by atoms with E-state index in [0.717, 1.165) is 0 Å². The number of carboxylic acid groups (broad SMARTS) is 3. The topological polar surface area (TPSA) is 118 Å². The minimum atomic E-state index is -1.13. The van der Waals surface area contributed by atoms with E-state index in [4.69, 9.17) is 15.3 Å². The van der Waals surface area contributed by atoms with E-state index >= 15 is 0 Å². The smallest absolute Gasteiger partial charge is 0.323 e. The van der Waals surface area contributed by atoms with Crippen LogP contribution in [0.2, 0.25) is 0 Å². The lowest BCUT2D eigenvalue weighted by molar-refractivity contribution is -0.142. The van der Waals surface area contributed by atoms with Gasteiger partial charge in [0.2, 0.25) is 0 Å². The molecule has 3 N–H and O–H groups in total. The van der Waals surface area contributed by atoms with Gasteiger partial charge in [0.15, 0.2) is 0 Å². The second-order valence-electron chi connectivity index (χ2n) is 4.65. The van der Waals surface area contributed by atoms with Crippen molar-refractivity contribution in [2.45, 2.75) is 0 Å². The molecule has 0 saturated carbocycles. The number of carbonyl (C=O) groups is 3. The van der Waals surface area contributed by atoms with Crippen LogP contribution in [-0.4, -0.2) is 70.9 Å². The highest BCUT2D eigenvalue weighted by Crippen LogP contribution is 2.12. The maximum Gasteiger partial charge on any atom is 0.323 e. The summed E-state index contributed by atoms with van der Waals surface area (Å²) < 4.78 is 0. The molecule has 120 valence electrons. The lowest BCUT2D eigenvalue weighted by Gasteiger charge is -2.26. The minimum absolute atomic E-state index is 0.126. The SMILES string of the molecule is O=C(O)CN(CCN(CC(=O)O)c1ccccc1)CC(=O)O. The summed E-state index contributed by atoms with van der Waals surface area (Å²) in [5, 5.41) is 26.5. The Kier molecular flexibility index (Phi) is 6.84. The average Bonchev–Trinajstić information content (AvgIpc) is 2.42. The molecule has 0 heterocycles.